The highest BCUT2D eigenvalue weighted by Crippen LogP contribution is 2.15. The molecule has 0 saturated carbocycles. The first kappa shape index (κ1) is 14.2. The van der Waals surface area contributed by atoms with E-state index in [-0.39, 0.29) is 12.3 Å². The highest BCUT2D eigenvalue weighted by atomic mass is 32.2. The molecule has 2 aromatic rings. The molecule has 0 unspecified atom stereocenters. The van der Waals surface area contributed by atoms with Gasteiger partial charge in [0.15, 0.2) is 5.76 Å². The van der Waals surface area contributed by atoms with Crippen molar-refractivity contribution in [1.29, 1.82) is 0 Å². The van der Waals surface area contributed by atoms with Crippen molar-refractivity contribution in [3.05, 3.63) is 36.0 Å². The first-order valence-electron chi connectivity index (χ1n) is 5.71. The number of anilines is 1. The van der Waals surface area contributed by atoms with Crippen molar-refractivity contribution in [2.24, 2.45) is 0 Å². The molecule has 0 radical (unpaired) electrons. The summed E-state index contributed by atoms with van der Waals surface area (Å²) in [6.07, 6.45) is 4.77. The fraction of sp³-hybridized carbons (Fsp3) is 0.250. The quantitative estimate of drug-likeness (QED) is 0.841. The summed E-state index contributed by atoms with van der Waals surface area (Å²) in [7, 11) is 0. The molecule has 2 aromatic heterocycles. The summed E-state index contributed by atoms with van der Waals surface area (Å²) in [6, 6.07) is 3.35. The Bertz CT molecular complexity index is 620. The van der Waals surface area contributed by atoms with Gasteiger partial charge in [0.25, 0.3) is 5.91 Å². The Morgan fingerprint density at radius 1 is 1.50 bits per heavy atom. The van der Waals surface area contributed by atoms with Crippen molar-refractivity contribution >= 4 is 29.3 Å². The number of thioether (sulfide) groups is 1. The second-order valence-corrected chi connectivity index (χ2v) is 4.84. The lowest BCUT2D eigenvalue weighted by atomic mass is 10.4. The van der Waals surface area contributed by atoms with Gasteiger partial charge in [-0.05, 0) is 18.4 Å². The fourth-order valence-corrected chi connectivity index (χ4v) is 2.01. The van der Waals surface area contributed by atoms with Crippen LogP contribution in [0.25, 0.3) is 0 Å². The van der Waals surface area contributed by atoms with E-state index in [1.807, 2.05) is 6.26 Å². The molecule has 0 atom stereocenters. The zero-order valence-corrected chi connectivity index (χ0v) is 11.5. The van der Waals surface area contributed by atoms with Crippen LogP contribution in [-0.4, -0.2) is 33.0 Å². The molecule has 0 saturated heterocycles. The molecule has 1 amide bonds. The van der Waals surface area contributed by atoms with Crippen LogP contribution in [0.2, 0.25) is 0 Å². The minimum Gasteiger partial charge on any atom is -0.480 e. The molecule has 0 bridgehead atoms. The van der Waals surface area contributed by atoms with Crippen molar-refractivity contribution in [2.45, 2.75) is 12.3 Å². The molecule has 0 spiro atoms. The van der Waals surface area contributed by atoms with Gasteiger partial charge in [-0.3, -0.25) is 14.3 Å². The van der Waals surface area contributed by atoms with E-state index in [1.54, 1.807) is 23.9 Å². The van der Waals surface area contributed by atoms with Gasteiger partial charge < -0.3 is 14.8 Å². The summed E-state index contributed by atoms with van der Waals surface area (Å²) in [5.41, 5.74) is 0.416. The number of carbonyl (C=O) groups is 2. The van der Waals surface area contributed by atoms with Crippen LogP contribution < -0.4 is 5.32 Å². The monoisotopic (exact) mass is 295 g/mol. The van der Waals surface area contributed by atoms with Crippen molar-refractivity contribution in [3.8, 4) is 0 Å². The number of aromatic nitrogens is 2. The van der Waals surface area contributed by atoms with Crippen LogP contribution in [0.5, 0.6) is 0 Å². The number of nitrogens with zero attached hydrogens (tertiary/aromatic N) is 2. The summed E-state index contributed by atoms with van der Waals surface area (Å²) >= 11 is 1.60. The van der Waals surface area contributed by atoms with E-state index in [0.717, 1.165) is 5.76 Å². The maximum Gasteiger partial charge on any atom is 0.325 e. The number of hydrogen-bond acceptors (Lipinski definition) is 5. The van der Waals surface area contributed by atoms with Gasteiger partial charge in [-0.15, -0.1) is 0 Å². The Balaban J connectivity index is 1.99. The molecular formula is C12H13N3O4S. The van der Waals surface area contributed by atoms with Gasteiger partial charge in [0.1, 0.15) is 12.3 Å². The van der Waals surface area contributed by atoms with Crippen molar-refractivity contribution in [3.63, 3.8) is 0 Å². The lowest BCUT2D eigenvalue weighted by Crippen LogP contribution is -2.11. The van der Waals surface area contributed by atoms with Gasteiger partial charge in [0.05, 0.1) is 17.6 Å². The zero-order valence-electron chi connectivity index (χ0n) is 10.7. The van der Waals surface area contributed by atoms with Gasteiger partial charge in [-0.25, -0.2) is 0 Å². The third-order valence-corrected chi connectivity index (χ3v) is 2.93. The number of nitrogens with one attached hydrogen (secondary N) is 1. The van der Waals surface area contributed by atoms with Gasteiger partial charge in [-0.2, -0.15) is 16.9 Å². The predicted molar refractivity (Wildman–Crippen MR) is 73.7 cm³/mol. The second-order valence-electron chi connectivity index (χ2n) is 3.97. The third-order valence-electron chi connectivity index (χ3n) is 2.36. The van der Waals surface area contributed by atoms with Crippen molar-refractivity contribution < 1.29 is 19.1 Å². The third kappa shape index (κ3) is 3.64. The number of carboxylic acid groups (broad SMARTS) is 1. The van der Waals surface area contributed by atoms with Crippen LogP contribution in [0.3, 0.4) is 0 Å². The molecular weight excluding hydrogens is 282 g/mol. The van der Waals surface area contributed by atoms with Gasteiger partial charge >= 0.3 is 5.97 Å². The lowest BCUT2D eigenvalue weighted by molar-refractivity contribution is -0.137. The van der Waals surface area contributed by atoms with E-state index in [1.165, 1.54) is 17.1 Å². The summed E-state index contributed by atoms with van der Waals surface area (Å²) in [5, 5.41) is 15.0. The molecule has 0 aliphatic heterocycles. The number of carbonyl (C=O) groups excluding carboxylic acids is 1. The van der Waals surface area contributed by atoms with Crippen LogP contribution in [0.15, 0.2) is 28.9 Å². The Labute approximate surface area is 119 Å². The Morgan fingerprint density at radius 3 is 3.00 bits per heavy atom. The number of amides is 1. The molecule has 2 heterocycles. The number of hydrogen-bond donors (Lipinski definition) is 2. The van der Waals surface area contributed by atoms with Crippen LogP contribution in [-0.2, 0) is 17.1 Å². The van der Waals surface area contributed by atoms with Crippen LogP contribution in [0.4, 0.5) is 5.69 Å². The normalized spacial score (nSPS) is 10.4. The number of rotatable bonds is 6. The number of aliphatic carboxylic acids is 1. The first-order chi connectivity index (χ1) is 9.58. The van der Waals surface area contributed by atoms with Crippen LogP contribution in [0, 0.1) is 0 Å². The predicted octanol–water partition coefficient (Wildman–Crippen LogP) is 1.68. The van der Waals surface area contributed by atoms with Crippen molar-refractivity contribution in [1.82, 2.24) is 9.78 Å². The van der Waals surface area contributed by atoms with Crippen LogP contribution in [0.1, 0.15) is 16.3 Å². The zero-order chi connectivity index (χ0) is 14.5. The molecule has 7 nitrogen and oxygen atoms in total. The van der Waals surface area contributed by atoms with E-state index in [9.17, 15) is 9.59 Å². The molecule has 0 fully saturated rings. The standard InChI is InChI=1S/C12H13N3O4S/c1-20-7-9-2-3-10(19-9)12(18)14-8-4-13-15(5-8)6-11(16)17/h2-5H,6-7H2,1H3,(H,14,18)(H,16,17). The Hall–Kier alpha value is -2.22. The summed E-state index contributed by atoms with van der Waals surface area (Å²) < 4.78 is 6.60. The van der Waals surface area contributed by atoms with Crippen LogP contribution >= 0.6 is 11.8 Å². The van der Waals surface area contributed by atoms with E-state index in [2.05, 4.69) is 10.4 Å². The van der Waals surface area contributed by atoms with Crippen molar-refractivity contribution in [2.75, 3.05) is 11.6 Å². The van der Waals surface area contributed by atoms with E-state index < -0.39 is 11.9 Å². The fourth-order valence-electron chi connectivity index (χ4n) is 1.57. The smallest absolute Gasteiger partial charge is 0.325 e. The molecule has 0 aliphatic carbocycles. The van der Waals surface area contributed by atoms with Gasteiger partial charge in [0, 0.05) is 6.20 Å². The minimum absolute atomic E-state index is 0.208. The van der Waals surface area contributed by atoms with E-state index >= 15 is 0 Å². The number of furan rings is 1. The summed E-state index contributed by atoms with van der Waals surface area (Å²) in [4.78, 5) is 22.4. The first-order valence-corrected chi connectivity index (χ1v) is 7.11. The maximum absolute atomic E-state index is 11.9. The minimum atomic E-state index is -1.00. The summed E-state index contributed by atoms with van der Waals surface area (Å²) in [6.45, 7) is -0.255. The summed E-state index contributed by atoms with van der Waals surface area (Å²) in [5.74, 6) is 0.235. The second kappa shape index (κ2) is 6.29. The topological polar surface area (TPSA) is 97.4 Å². The molecule has 0 aromatic carbocycles. The molecule has 106 valence electrons. The van der Waals surface area contributed by atoms with E-state index in [0.29, 0.717) is 11.4 Å². The molecule has 0 aliphatic rings. The van der Waals surface area contributed by atoms with E-state index in [4.69, 9.17) is 9.52 Å². The van der Waals surface area contributed by atoms with Gasteiger partial charge in [-0.1, -0.05) is 0 Å². The molecule has 20 heavy (non-hydrogen) atoms. The largest absolute Gasteiger partial charge is 0.480 e. The maximum atomic E-state index is 11.9. The highest BCUT2D eigenvalue weighted by Gasteiger charge is 2.12. The lowest BCUT2D eigenvalue weighted by Gasteiger charge is -1.99. The number of carboxylic acids is 1. The molecule has 2 rings (SSSR count). The highest BCUT2D eigenvalue weighted by molar-refractivity contribution is 7.97. The average Bonchev–Trinajstić information content (AvgIpc) is 2.99. The SMILES string of the molecule is CSCc1ccc(C(=O)Nc2cnn(CC(=O)O)c2)o1. The molecule has 2 N–H and O–H groups in total. The Morgan fingerprint density at radius 2 is 2.30 bits per heavy atom. The molecule has 8 heteroatoms. The Kier molecular flexibility index (Phi) is 4.46. The van der Waals surface area contributed by atoms with Gasteiger partial charge in [0.2, 0.25) is 0 Å². The average molecular weight is 295 g/mol.